The monoisotopic (exact) mass is 324 g/mol. The summed E-state index contributed by atoms with van der Waals surface area (Å²) in [5, 5.41) is 0.959. The van der Waals surface area contributed by atoms with Crippen molar-refractivity contribution in [1.82, 2.24) is 5.32 Å². The minimum Gasteiger partial charge on any atom is -0.332 e. The van der Waals surface area contributed by atoms with E-state index in [2.05, 4.69) is 21.2 Å². The van der Waals surface area contributed by atoms with Crippen LogP contribution < -0.4 is 11.1 Å². The lowest BCUT2D eigenvalue weighted by Crippen LogP contribution is -2.65. The van der Waals surface area contributed by atoms with Crippen molar-refractivity contribution in [3.05, 3.63) is 24.3 Å². The summed E-state index contributed by atoms with van der Waals surface area (Å²) < 4.78 is 31.4. The van der Waals surface area contributed by atoms with Crippen LogP contribution in [0.1, 0.15) is 6.92 Å². The van der Waals surface area contributed by atoms with Crippen LogP contribution in [0.25, 0.3) is 0 Å². The maximum Gasteiger partial charge on any atom is 0.275 e. The Hall–Kier alpha value is -0.700. The van der Waals surface area contributed by atoms with Crippen LogP contribution in [-0.4, -0.2) is 34.6 Å². The molecule has 0 aliphatic heterocycles. The summed E-state index contributed by atoms with van der Waals surface area (Å²) in [5.41, 5.74) is 4.15. The molecule has 0 aromatic carbocycles. The highest BCUT2D eigenvalue weighted by molar-refractivity contribution is 9.10. The topological polar surface area (TPSA) is 109 Å². The fraction of sp³-hybridized carbons (Fsp3) is 0.444. The lowest BCUT2D eigenvalue weighted by Gasteiger charge is -2.34. The van der Waals surface area contributed by atoms with E-state index in [4.69, 9.17) is 10.3 Å². The van der Waals surface area contributed by atoms with Gasteiger partial charge in [0.05, 0.1) is 4.83 Å². The Morgan fingerprint density at radius 2 is 2.18 bits per heavy atom. The summed E-state index contributed by atoms with van der Waals surface area (Å²) in [4.78, 5) is 11.0. The Morgan fingerprint density at radius 3 is 2.65 bits per heavy atom. The maximum absolute atomic E-state index is 11.5. The van der Waals surface area contributed by atoms with Crippen molar-refractivity contribution in [1.29, 1.82) is 0 Å². The van der Waals surface area contributed by atoms with Gasteiger partial charge in [-0.25, -0.2) is 0 Å². The van der Waals surface area contributed by atoms with Crippen LogP contribution in [0.4, 0.5) is 0 Å². The third kappa shape index (κ3) is 3.38. The predicted molar refractivity (Wildman–Crippen MR) is 67.1 cm³/mol. The van der Waals surface area contributed by atoms with Crippen LogP contribution in [-0.2, 0) is 14.9 Å². The fourth-order valence-electron chi connectivity index (χ4n) is 1.41. The lowest BCUT2D eigenvalue weighted by molar-refractivity contribution is -0.121. The standard InChI is InChI=1S/C9H13BrN2O4S/c1-6(10)8(13)12-9(11)5-3-2-4-7(9)17(14,15)16/h2-7H,11H2,1H3,(H,12,13)(H,14,15,16). The average molecular weight is 325 g/mol. The molecule has 0 saturated carbocycles. The molecular formula is C9H13BrN2O4S. The van der Waals surface area contributed by atoms with Gasteiger partial charge in [-0.3, -0.25) is 9.35 Å². The minimum atomic E-state index is -4.40. The first-order valence-electron chi connectivity index (χ1n) is 4.74. The molecule has 1 aliphatic carbocycles. The summed E-state index contributed by atoms with van der Waals surface area (Å²) >= 11 is 3.04. The first-order chi connectivity index (χ1) is 7.67. The number of hydrogen-bond donors (Lipinski definition) is 3. The van der Waals surface area contributed by atoms with Crippen LogP contribution in [0.15, 0.2) is 24.3 Å². The molecule has 17 heavy (non-hydrogen) atoms. The molecule has 1 aliphatic rings. The van der Waals surface area contributed by atoms with E-state index in [1.54, 1.807) is 6.92 Å². The smallest absolute Gasteiger partial charge is 0.275 e. The van der Waals surface area contributed by atoms with Crippen LogP contribution in [0.2, 0.25) is 0 Å². The number of allylic oxidation sites excluding steroid dienone is 2. The van der Waals surface area contributed by atoms with E-state index in [0.29, 0.717) is 0 Å². The van der Waals surface area contributed by atoms with Crippen molar-refractivity contribution < 1.29 is 17.8 Å². The van der Waals surface area contributed by atoms with E-state index in [1.807, 2.05) is 0 Å². The largest absolute Gasteiger partial charge is 0.332 e. The van der Waals surface area contributed by atoms with Crippen molar-refractivity contribution in [3.8, 4) is 0 Å². The summed E-state index contributed by atoms with van der Waals surface area (Å²) in [6.45, 7) is 1.57. The molecule has 0 aromatic heterocycles. The number of amides is 1. The van der Waals surface area contributed by atoms with Gasteiger partial charge in [0.15, 0.2) is 0 Å². The Kier molecular flexibility index (Phi) is 4.13. The van der Waals surface area contributed by atoms with E-state index in [-0.39, 0.29) is 0 Å². The third-order valence-corrected chi connectivity index (χ3v) is 3.87. The normalized spacial score (nSPS) is 30.0. The second kappa shape index (κ2) is 4.89. The molecule has 0 radical (unpaired) electrons. The van der Waals surface area contributed by atoms with Gasteiger partial charge in [0.25, 0.3) is 10.1 Å². The third-order valence-electron chi connectivity index (χ3n) is 2.26. The summed E-state index contributed by atoms with van der Waals surface area (Å²) in [5.74, 6) is -0.471. The highest BCUT2D eigenvalue weighted by atomic mass is 79.9. The van der Waals surface area contributed by atoms with Crippen LogP contribution in [0.5, 0.6) is 0 Å². The molecule has 1 rings (SSSR count). The highest BCUT2D eigenvalue weighted by Gasteiger charge is 2.42. The number of carbonyl (C=O) groups excluding carboxylic acids is 1. The maximum atomic E-state index is 11.5. The Labute approximate surface area is 108 Å². The van der Waals surface area contributed by atoms with E-state index >= 15 is 0 Å². The van der Waals surface area contributed by atoms with Gasteiger partial charge in [-0.15, -0.1) is 0 Å². The summed E-state index contributed by atoms with van der Waals surface area (Å²) in [6, 6.07) is 0. The molecule has 3 atom stereocenters. The zero-order valence-electron chi connectivity index (χ0n) is 9.00. The summed E-state index contributed by atoms with van der Waals surface area (Å²) in [7, 11) is -4.40. The second-order valence-corrected chi connectivity index (χ2v) is 6.63. The molecule has 4 N–H and O–H groups in total. The molecule has 0 fully saturated rings. The van der Waals surface area contributed by atoms with Gasteiger partial charge in [0.2, 0.25) is 5.91 Å². The van der Waals surface area contributed by atoms with Crippen molar-refractivity contribution in [2.45, 2.75) is 22.7 Å². The molecule has 3 unspecified atom stereocenters. The lowest BCUT2D eigenvalue weighted by atomic mass is 10.0. The average Bonchev–Trinajstić information content (AvgIpc) is 2.15. The number of carbonyl (C=O) groups is 1. The zero-order chi connectivity index (χ0) is 13.3. The number of halogens is 1. The van der Waals surface area contributed by atoms with Gasteiger partial charge in [-0.1, -0.05) is 34.2 Å². The molecule has 0 saturated heterocycles. The Balaban J connectivity index is 3.04. The number of rotatable bonds is 3. The number of nitrogens with two attached hydrogens (primary N) is 1. The number of nitrogens with one attached hydrogen (secondary N) is 1. The molecule has 8 heteroatoms. The van der Waals surface area contributed by atoms with Gasteiger partial charge in [-0.2, -0.15) is 8.42 Å². The van der Waals surface area contributed by atoms with Crippen LogP contribution >= 0.6 is 15.9 Å². The van der Waals surface area contributed by atoms with E-state index in [0.717, 1.165) is 0 Å². The van der Waals surface area contributed by atoms with Crippen LogP contribution in [0.3, 0.4) is 0 Å². The molecule has 0 heterocycles. The molecule has 0 spiro atoms. The predicted octanol–water partition coefficient (Wildman–Crippen LogP) is -0.0766. The van der Waals surface area contributed by atoms with Crippen molar-refractivity contribution in [3.63, 3.8) is 0 Å². The molecule has 0 bridgehead atoms. The van der Waals surface area contributed by atoms with Gasteiger partial charge < -0.3 is 11.1 Å². The summed E-state index contributed by atoms with van der Waals surface area (Å²) in [6.07, 6.45) is 5.47. The number of hydrogen-bond acceptors (Lipinski definition) is 4. The first kappa shape index (κ1) is 14.4. The zero-order valence-corrected chi connectivity index (χ0v) is 11.4. The van der Waals surface area contributed by atoms with E-state index < -0.39 is 31.8 Å². The number of alkyl halides is 1. The Bertz CT molecular complexity index is 471. The first-order valence-corrected chi connectivity index (χ1v) is 7.16. The molecular weight excluding hydrogens is 312 g/mol. The van der Waals surface area contributed by atoms with Crippen molar-refractivity contribution in [2.75, 3.05) is 0 Å². The van der Waals surface area contributed by atoms with E-state index in [1.165, 1.54) is 24.3 Å². The Morgan fingerprint density at radius 1 is 1.59 bits per heavy atom. The van der Waals surface area contributed by atoms with Gasteiger partial charge in [0, 0.05) is 0 Å². The highest BCUT2D eigenvalue weighted by Crippen LogP contribution is 2.20. The quantitative estimate of drug-likeness (QED) is 0.382. The fourth-order valence-corrected chi connectivity index (χ4v) is 2.44. The second-order valence-electron chi connectivity index (χ2n) is 3.72. The van der Waals surface area contributed by atoms with E-state index in [9.17, 15) is 13.2 Å². The van der Waals surface area contributed by atoms with Gasteiger partial charge in [-0.05, 0) is 13.0 Å². The van der Waals surface area contributed by atoms with Crippen molar-refractivity contribution in [2.24, 2.45) is 5.73 Å². The van der Waals surface area contributed by atoms with Gasteiger partial charge >= 0.3 is 0 Å². The van der Waals surface area contributed by atoms with Gasteiger partial charge in [0.1, 0.15) is 10.9 Å². The molecule has 0 aromatic rings. The SMILES string of the molecule is CC(Br)C(=O)NC1(N)C=CC=CC1S(=O)(=O)O. The molecule has 1 amide bonds. The van der Waals surface area contributed by atoms with Crippen molar-refractivity contribution >= 4 is 32.0 Å². The minimum absolute atomic E-state index is 0.471. The molecule has 6 nitrogen and oxygen atoms in total. The van der Waals surface area contributed by atoms with Crippen LogP contribution in [0, 0.1) is 0 Å². The molecule has 96 valence electrons.